The molecule has 0 unspecified atom stereocenters. The molecule has 1 saturated carbocycles. The van der Waals surface area contributed by atoms with E-state index < -0.39 is 0 Å². The van der Waals surface area contributed by atoms with Crippen molar-refractivity contribution in [2.45, 2.75) is 38.6 Å². The molecule has 2 N–H and O–H groups in total. The van der Waals surface area contributed by atoms with Crippen molar-refractivity contribution >= 4 is 27.5 Å². The highest BCUT2D eigenvalue weighted by Gasteiger charge is 2.21. The summed E-state index contributed by atoms with van der Waals surface area (Å²) in [5.41, 5.74) is 0.822. The van der Waals surface area contributed by atoms with Gasteiger partial charge in [0.05, 0.1) is 12.2 Å². The second-order valence-corrected chi connectivity index (χ2v) is 6.10. The first kappa shape index (κ1) is 14.5. The van der Waals surface area contributed by atoms with Crippen LogP contribution in [0, 0.1) is 5.92 Å². The first-order valence-electron chi connectivity index (χ1n) is 6.94. The second kappa shape index (κ2) is 7.06. The van der Waals surface area contributed by atoms with Crippen molar-refractivity contribution in [3.8, 4) is 0 Å². The van der Waals surface area contributed by atoms with Crippen LogP contribution in [0.3, 0.4) is 0 Å². The van der Waals surface area contributed by atoms with Gasteiger partial charge >= 0.3 is 0 Å². The van der Waals surface area contributed by atoms with Gasteiger partial charge in [0, 0.05) is 10.5 Å². The normalized spacial score (nSPS) is 17.4. The molecule has 4 heteroatoms. The molecule has 1 aromatic carbocycles. The second-order valence-electron chi connectivity index (χ2n) is 5.24. The minimum absolute atomic E-state index is 0.0109. The van der Waals surface area contributed by atoms with Crippen molar-refractivity contribution in [1.82, 2.24) is 5.32 Å². The fraction of sp³-hybridized carbons (Fsp3) is 0.533. The molecule has 0 radical (unpaired) electrons. The quantitative estimate of drug-likeness (QED) is 0.869. The Morgan fingerprint density at radius 2 is 2.05 bits per heavy atom. The lowest BCUT2D eigenvalue weighted by Gasteiger charge is -2.20. The minimum Gasteiger partial charge on any atom is -0.324 e. The highest BCUT2D eigenvalue weighted by molar-refractivity contribution is 9.10. The zero-order valence-corrected chi connectivity index (χ0v) is 12.9. The van der Waals surface area contributed by atoms with Gasteiger partial charge in [-0.25, -0.2) is 0 Å². The lowest BCUT2D eigenvalue weighted by Crippen LogP contribution is -2.38. The first-order chi connectivity index (χ1) is 9.16. The average molecular weight is 325 g/mol. The van der Waals surface area contributed by atoms with Crippen molar-refractivity contribution in [3.63, 3.8) is 0 Å². The lowest BCUT2D eigenvalue weighted by molar-refractivity contribution is -0.115. The van der Waals surface area contributed by atoms with Gasteiger partial charge < -0.3 is 10.6 Å². The third kappa shape index (κ3) is 4.32. The van der Waals surface area contributed by atoms with Crippen LogP contribution in [0.25, 0.3) is 0 Å². The Morgan fingerprint density at radius 1 is 1.37 bits per heavy atom. The fourth-order valence-corrected chi connectivity index (χ4v) is 3.02. The third-order valence-electron chi connectivity index (χ3n) is 3.84. The van der Waals surface area contributed by atoms with Crippen LogP contribution >= 0.6 is 15.9 Å². The number of para-hydroxylation sites is 1. The largest absolute Gasteiger partial charge is 0.324 e. The molecular formula is C15H21BrN2O. The summed E-state index contributed by atoms with van der Waals surface area (Å²) in [6.07, 6.45) is 5.25. The number of nitrogens with one attached hydrogen (secondary N) is 2. The average Bonchev–Trinajstić information content (AvgIpc) is 2.93. The Kier molecular flexibility index (Phi) is 5.40. The number of carbonyl (C=O) groups excluding carboxylic acids is 1. The summed E-state index contributed by atoms with van der Waals surface area (Å²) in [6.45, 7) is 2.56. The number of halogens is 1. The van der Waals surface area contributed by atoms with Gasteiger partial charge in [-0.05, 0) is 53.7 Å². The van der Waals surface area contributed by atoms with Gasteiger partial charge in [0.1, 0.15) is 0 Å². The van der Waals surface area contributed by atoms with E-state index in [4.69, 9.17) is 0 Å². The van der Waals surface area contributed by atoms with Crippen molar-refractivity contribution in [3.05, 3.63) is 28.7 Å². The molecule has 1 atom stereocenters. The van der Waals surface area contributed by atoms with Gasteiger partial charge in [-0.15, -0.1) is 0 Å². The van der Waals surface area contributed by atoms with Gasteiger partial charge in [-0.2, -0.15) is 0 Å². The molecule has 2 rings (SSSR count). The zero-order chi connectivity index (χ0) is 13.7. The van der Waals surface area contributed by atoms with Crippen LogP contribution in [0.5, 0.6) is 0 Å². The maximum Gasteiger partial charge on any atom is 0.238 e. The van der Waals surface area contributed by atoms with Crippen molar-refractivity contribution < 1.29 is 4.79 Å². The molecule has 19 heavy (non-hydrogen) atoms. The molecule has 3 nitrogen and oxygen atoms in total. The van der Waals surface area contributed by atoms with Gasteiger partial charge in [-0.3, -0.25) is 4.79 Å². The smallest absolute Gasteiger partial charge is 0.238 e. The molecular weight excluding hydrogens is 304 g/mol. The monoisotopic (exact) mass is 324 g/mol. The maximum absolute atomic E-state index is 11.9. The van der Waals surface area contributed by atoms with Crippen LogP contribution in [0.4, 0.5) is 5.69 Å². The van der Waals surface area contributed by atoms with Gasteiger partial charge in [0.15, 0.2) is 0 Å². The maximum atomic E-state index is 11.9. The zero-order valence-electron chi connectivity index (χ0n) is 11.3. The van der Waals surface area contributed by atoms with Crippen LogP contribution in [0.15, 0.2) is 28.7 Å². The summed E-state index contributed by atoms with van der Waals surface area (Å²) in [6, 6.07) is 8.08. The number of hydrogen-bond acceptors (Lipinski definition) is 2. The van der Waals surface area contributed by atoms with E-state index >= 15 is 0 Å². The molecule has 1 aliphatic rings. The Bertz CT molecular complexity index is 430. The molecule has 0 bridgehead atoms. The van der Waals surface area contributed by atoms with Crippen molar-refractivity contribution in [2.24, 2.45) is 5.92 Å². The van der Waals surface area contributed by atoms with E-state index in [-0.39, 0.29) is 5.91 Å². The Hall–Kier alpha value is -0.870. The number of rotatable bonds is 5. The molecule has 1 aromatic rings. The number of amides is 1. The van der Waals surface area contributed by atoms with Gasteiger partial charge in [0.2, 0.25) is 5.91 Å². The summed E-state index contributed by atoms with van der Waals surface area (Å²) in [4.78, 5) is 11.9. The van der Waals surface area contributed by atoms with Crippen molar-refractivity contribution in [2.75, 3.05) is 11.9 Å². The number of anilines is 1. The predicted octanol–water partition coefficient (Wildman–Crippen LogP) is 3.56. The van der Waals surface area contributed by atoms with E-state index in [1.165, 1.54) is 25.7 Å². The molecule has 0 saturated heterocycles. The molecule has 1 fully saturated rings. The molecule has 0 aliphatic heterocycles. The minimum atomic E-state index is 0.0109. The highest BCUT2D eigenvalue weighted by Crippen LogP contribution is 2.27. The lowest BCUT2D eigenvalue weighted by atomic mass is 10.00. The number of benzene rings is 1. The van der Waals surface area contributed by atoms with Crippen LogP contribution < -0.4 is 10.6 Å². The Labute approximate surface area is 123 Å². The Balaban J connectivity index is 1.77. The molecule has 0 heterocycles. The van der Waals surface area contributed by atoms with E-state index in [1.807, 2.05) is 24.3 Å². The number of hydrogen-bond donors (Lipinski definition) is 2. The molecule has 1 aliphatic carbocycles. The van der Waals surface area contributed by atoms with Crippen LogP contribution in [-0.2, 0) is 4.79 Å². The third-order valence-corrected chi connectivity index (χ3v) is 4.53. The van der Waals surface area contributed by atoms with E-state index in [9.17, 15) is 4.79 Å². The molecule has 0 aromatic heterocycles. The summed E-state index contributed by atoms with van der Waals surface area (Å²) in [7, 11) is 0. The first-order valence-corrected chi connectivity index (χ1v) is 7.74. The van der Waals surface area contributed by atoms with E-state index in [2.05, 4.69) is 33.5 Å². The Morgan fingerprint density at radius 3 is 2.74 bits per heavy atom. The summed E-state index contributed by atoms with van der Waals surface area (Å²) >= 11 is 3.42. The fourth-order valence-electron chi connectivity index (χ4n) is 2.63. The molecule has 0 spiro atoms. The SMILES string of the molecule is C[C@H](NCC(=O)Nc1ccccc1Br)C1CCCC1. The van der Waals surface area contributed by atoms with Crippen LogP contribution in [-0.4, -0.2) is 18.5 Å². The highest BCUT2D eigenvalue weighted by atomic mass is 79.9. The van der Waals surface area contributed by atoms with Crippen LogP contribution in [0.1, 0.15) is 32.6 Å². The van der Waals surface area contributed by atoms with E-state index in [1.54, 1.807) is 0 Å². The topological polar surface area (TPSA) is 41.1 Å². The van der Waals surface area contributed by atoms with Crippen molar-refractivity contribution in [1.29, 1.82) is 0 Å². The summed E-state index contributed by atoms with van der Waals surface area (Å²) < 4.78 is 0.909. The van der Waals surface area contributed by atoms with Crippen LogP contribution in [0.2, 0.25) is 0 Å². The van der Waals surface area contributed by atoms with E-state index in [0.717, 1.165) is 16.1 Å². The predicted molar refractivity (Wildman–Crippen MR) is 82.2 cm³/mol. The number of carbonyl (C=O) groups is 1. The molecule has 104 valence electrons. The van der Waals surface area contributed by atoms with E-state index in [0.29, 0.717) is 12.6 Å². The summed E-state index contributed by atoms with van der Waals surface area (Å²) in [5, 5.41) is 6.24. The van der Waals surface area contributed by atoms with Gasteiger partial charge in [-0.1, -0.05) is 25.0 Å². The standard InChI is InChI=1S/C15H21BrN2O/c1-11(12-6-2-3-7-12)17-10-15(19)18-14-9-5-4-8-13(14)16/h4-5,8-9,11-12,17H,2-3,6-7,10H2,1H3,(H,18,19)/t11-/m0/s1. The molecule has 1 amide bonds. The van der Waals surface area contributed by atoms with Gasteiger partial charge in [0.25, 0.3) is 0 Å². The summed E-state index contributed by atoms with van der Waals surface area (Å²) in [5.74, 6) is 0.744.